The Labute approximate surface area is 183 Å². The zero-order valence-corrected chi connectivity index (χ0v) is 18.6. The molecule has 0 aliphatic heterocycles. The molecule has 0 fully saturated rings. The van der Waals surface area contributed by atoms with Crippen LogP contribution in [0.4, 0.5) is 0 Å². The summed E-state index contributed by atoms with van der Waals surface area (Å²) < 4.78 is 0. The normalized spacial score (nSPS) is 13.9. The van der Waals surface area contributed by atoms with Crippen molar-refractivity contribution in [1.82, 2.24) is 16.0 Å². The minimum absolute atomic E-state index is 0.113. The lowest BCUT2D eigenvalue weighted by Crippen LogP contribution is -2.58. The number of carbonyl (C=O) groups excluding carboxylic acids is 3. The van der Waals surface area contributed by atoms with E-state index in [0.29, 0.717) is 6.42 Å². The van der Waals surface area contributed by atoms with Gasteiger partial charge in [0.05, 0.1) is 6.54 Å². The van der Waals surface area contributed by atoms with Gasteiger partial charge in [-0.1, -0.05) is 58.0 Å². The molecule has 0 spiro atoms. The molecule has 6 N–H and O–H groups in total. The van der Waals surface area contributed by atoms with Crippen LogP contribution in [0, 0.1) is 11.8 Å². The van der Waals surface area contributed by atoms with Crippen LogP contribution in [-0.2, 0) is 25.6 Å². The van der Waals surface area contributed by atoms with E-state index < -0.39 is 41.8 Å². The number of amides is 3. The monoisotopic (exact) mass is 434 g/mol. The molecule has 0 radical (unpaired) electrons. The van der Waals surface area contributed by atoms with Crippen LogP contribution in [-0.4, -0.2) is 53.5 Å². The van der Waals surface area contributed by atoms with Crippen molar-refractivity contribution in [1.29, 1.82) is 0 Å². The third-order valence-corrected chi connectivity index (χ3v) is 4.69. The van der Waals surface area contributed by atoms with Crippen LogP contribution in [0.5, 0.6) is 0 Å². The molecule has 3 atom stereocenters. The number of nitrogens with two attached hydrogens (primary N) is 1. The lowest BCUT2D eigenvalue weighted by atomic mass is 9.99. The van der Waals surface area contributed by atoms with Gasteiger partial charge in [-0.05, 0) is 23.8 Å². The van der Waals surface area contributed by atoms with Crippen molar-refractivity contribution in [2.24, 2.45) is 17.6 Å². The second-order valence-electron chi connectivity index (χ2n) is 8.27. The zero-order valence-electron chi connectivity index (χ0n) is 18.6. The summed E-state index contributed by atoms with van der Waals surface area (Å²) in [5, 5.41) is 17.3. The van der Waals surface area contributed by atoms with Gasteiger partial charge in [0.2, 0.25) is 17.7 Å². The highest BCUT2D eigenvalue weighted by atomic mass is 16.4. The standard InChI is InChI=1S/C22H34N4O5/c1-13(2)10-16(24-18(27)12-23)20(28)26-19(14(3)4)21(29)25-17(22(30)31)11-15-8-6-5-7-9-15/h5-9,13-14,16-17,19H,10-12,23H2,1-4H3,(H,24,27)(H,25,29)(H,26,28)(H,30,31). The van der Waals surface area contributed by atoms with E-state index in [0.717, 1.165) is 5.56 Å². The Hall–Kier alpha value is -2.94. The highest BCUT2D eigenvalue weighted by Gasteiger charge is 2.31. The molecule has 9 nitrogen and oxygen atoms in total. The maximum absolute atomic E-state index is 12.9. The van der Waals surface area contributed by atoms with Gasteiger partial charge in [0.25, 0.3) is 0 Å². The van der Waals surface area contributed by atoms with E-state index in [9.17, 15) is 24.3 Å². The predicted octanol–water partition coefficient (Wildman–Crippen LogP) is 0.429. The molecular formula is C22H34N4O5. The molecular weight excluding hydrogens is 400 g/mol. The summed E-state index contributed by atoms with van der Waals surface area (Å²) in [5.41, 5.74) is 6.10. The fourth-order valence-electron chi connectivity index (χ4n) is 3.06. The van der Waals surface area contributed by atoms with Crippen molar-refractivity contribution >= 4 is 23.7 Å². The summed E-state index contributed by atoms with van der Waals surface area (Å²) in [5.74, 6) is -2.94. The first-order valence-corrected chi connectivity index (χ1v) is 10.4. The summed E-state index contributed by atoms with van der Waals surface area (Å²) >= 11 is 0. The quantitative estimate of drug-likeness (QED) is 0.322. The molecule has 0 aromatic heterocycles. The molecule has 3 amide bonds. The van der Waals surface area contributed by atoms with E-state index in [4.69, 9.17) is 5.73 Å². The number of hydrogen-bond acceptors (Lipinski definition) is 5. The number of carbonyl (C=O) groups is 4. The van der Waals surface area contributed by atoms with Crippen LogP contribution < -0.4 is 21.7 Å². The van der Waals surface area contributed by atoms with Gasteiger partial charge < -0.3 is 26.8 Å². The number of carboxylic acids is 1. The van der Waals surface area contributed by atoms with Crippen molar-refractivity contribution in [2.75, 3.05) is 6.54 Å². The summed E-state index contributed by atoms with van der Waals surface area (Å²) in [6, 6.07) is 6.01. The summed E-state index contributed by atoms with van der Waals surface area (Å²) in [6.45, 7) is 7.04. The first-order valence-electron chi connectivity index (χ1n) is 10.4. The van der Waals surface area contributed by atoms with Gasteiger partial charge in [-0.2, -0.15) is 0 Å². The topological polar surface area (TPSA) is 151 Å². The van der Waals surface area contributed by atoms with Gasteiger partial charge in [-0.25, -0.2) is 4.79 Å². The highest BCUT2D eigenvalue weighted by Crippen LogP contribution is 2.09. The summed E-state index contributed by atoms with van der Waals surface area (Å²) in [4.78, 5) is 49.0. The van der Waals surface area contributed by atoms with E-state index in [1.54, 1.807) is 38.1 Å². The Morgan fingerprint density at radius 1 is 0.903 bits per heavy atom. The highest BCUT2D eigenvalue weighted by molar-refractivity contribution is 5.93. The molecule has 0 heterocycles. The molecule has 1 aromatic rings. The molecule has 0 saturated heterocycles. The molecule has 1 aromatic carbocycles. The van der Waals surface area contributed by atoms with E-state index in [2.05, 4.69) is 16.0 Å². The first-order chi connectivity index (χ1) is 14.5. The number of aliphatic carboxylic acids is 1. The second-order valence-corrected chi connectivity index (χ2v) is 8.27. The summed E-state index contributed by atoms with van der Waals surface area (Å²) in [7, 11) is 0. The predicted molar refractivity (Wildman–Crippen MR) is 117 cm³/mol. The fourth-order valence-corrected chi connectivity index (χ4v) is 3.06. The van der Waals surface area contributed by atoms with Crippen molar-refractivity contribution in [2.45, 2.75) is 58.7 Å². The van der Waals surface area contributed by atoms with Crippen LogP contribution in [0.3, 0.4) is 0 Å². The van der Waals surface area contributed by atoms with Gasteiger partial charge in [-0.3, -0.25) is 14.4 Å². The average molecular weight is 435 g/mol. The van der Waals surface area contributed by atoms with Gasteiger partial charge >= 0.3 is 5.97 Å². The van der Waals surface area contributed by atoms with E-state index in [1.165, 1.54) is 0 Å². The van der Waals surface area contributed by atoms with Crippen LogP contribution in [0.15, 0.2) is 30.3 Å². The van der Waals surface area contributed by atoms with Crippen molar-refractivity contribution < 1.29 is 24.3 Å². The number of nitrogens with one attached hydrogen (secondary N) is 3. The van der Waals surface area contributed by atoms with Gasteiger partial charge in [0.15, 0.2) is 0 Å². The van der Waals surface area contributed by atoms with E-state index in [1.807, 2.05) is 19.9 Å². The maximum atomic E-state index is 12.9. The number of hydrogen-bond donors (Lipinski definition) is 5. The van der Waals surface area contributed by atoms with Gasteiger partial charge in [0.1, 0.15) is 18.1 Å². The minimum Gasteiger partial charge on any atom is -0.480 e. The van der Waals surface area contributed by atoms with Crippen molar-refractivity contribution in [3.05, 3.63) is 35.9 Å². The third kappa shape index (κ3) is 9.17. The molecule has 0 bridgehead atoms. The van der Waals surface area contributed by atoms with Crippen LogP contribution in [0.1, 0.15) is 39.7 Å². The van der Waals surface area contributed by atoms with Crippen molar-refractivity contribution in [3.63, 3.8) is 0 Å². The Morgan fingerprint density at radius 3 is 2.00 bits per heavy atom. The molecule has 1 rings (SSSR count). The zero-order chi connectivity index (χ0) is 23.6. The average Bonchev–Trinajstić information content (AvgIpc) is 2.70. The number of benzene rings is 1. The van der Waals surface area contributed by atoms with Crippen LogP contribution in [0.2, 0.25) is 0 Å². The van der Waals surface area contributed by atoms with Crippen LogP contribution in [0.25, 0.3) is 0 Å². The largest absolute Gasteiger partial charge is 0.480 e. The molecule has 0 aliphatic rings. The first kappa shape index (κ1) is 26.1. The van der Waals surface area contributed by atoms with Gasteiger partial charge in [0, 0.05) is 6.42 Å². The Morgan fingerprint density at radius 2 is 1.52 bits per heavy atom. The minimum atomic E-state index is -1.17. The fraction of sp³-hybridized carbons (Fsp3) is 0.545. The molecule has 0 aliphatic carbocycles. The maximum Gasteiger partial charge on any atom is 0.326 e. The Bertz CT molecular complexity index is 752. The lowest BCUT2D eigenvalue weighted by Gasteiger charge is -2.27. The molecule has 172 valence electrons. The van der Waals surface area contributed by atoms with Crippen molar-refractivity contribution in [3.8, 4) is 0 Å². The van der Waals surface area contributed by atoms with E-state index >= 15 is 0 Å². The van der Waals surface area contributed by atoms with E-state index in [-0.39, 0.29) is 24.8 Å². The smallest absolute Gasteiger partial charge is 0.326 e. The SMILES string of the molecule is CC(C)CC(NC(=O)CN)C(=O)NC(C(=O)NC(Cc1ccccc1)C(=O)O)C(C)C. The number of carboxylic acid groups (broad SMARTS) is 1. The molecule has 3 unspecified atom stereocenters. The van der Waals surface area contributed by atoms with Crippen LogP contribution >= 0.6 is 0 Å². The molecule has 0 saturated carbocycles. The third-order valence-electron chi connectivity index (χ3n) is 4.69. The lowest BCUT2D eigenvalue weighted by molar-refractivity contribution is -0.142. The molecule has 31 heavy (non-hydrogen) atoms. The van der Waals surface area contributed by atoms with Gasteiger partial charge in [-0.15, -0.1) is 0 Å². The second kappa shape index (κ2) is 12.7. The number of rotatable bonds is 12. The molecule has 9 heteroatoms. The summed E-state index contributed by atoms with van der Waals surface area (Å²) in [6.07, 6.45) is 0.485. The Balaban J connectivity index is 2.91. The Kier molecular flexibility index (Phi) is 10.7.